The number of rotatable bonds is 3. The van der Waals surface area contributed by atoms with Crippen LogP contribution >= 0.6 is 35.3 Å². The van der Waals surface area contributed by atoms with Crippen molar-refractivity contribution in [1.29, 1.82) is 0 Å². The first kappa shape index (κ1) is 14.2. The van der Waals surface area contributed by atoms with Gasteiger partial charge in [-0.15, -0.1) is 11.3 Å². The van der Waals surface area contributed by atoms with Crippen LogP contribution in [0.25, 0.3) is 0 Å². The summed E-state index contributed by atoms with van der Waals surface area (Å²) < 4.78 is 0.361. The number of carbonyl (C=O) groups excluding carboxylic acids is 1. The molecule has 21 heavy (non-hydrogen) atoms. The van der Waals surface area contributed by atoms with Gasteiger partial charge in [0.25, 0.3) is 5.91 Å². The minimum absolute atomic E-state index is 0.302. The van der Waals surface area contributed by atoms with Crippen molar-refractivity contribution in [3.63, 3.8) is 0 Å². The maximum absolute atomic E-state index is 11.7. The summed E-state index contributed by atoms with van der Waals surface area (Å²) in [6.45, 7) is 0. The summed E-state index contributed by atoms with van der Waals surface area (Å²) in [5.74, 6) is -1.30. The second-order valence-electron chi connectivity index (χ2n) is 4.30. The average Bonchev–Trinajstić information content (AvgIpc) is 3.11. The number of amides is 1. The molecular formula is C12H9N3O3S3. The molecule has 3 rings (SSSR count). The summed E-state index contributed by atoms with van der Waals surface area (Å²) in [6.07, 6.45) is 1.75. The molecule has 1 atom stereocenters. The largest absolute Gasteiger partial charge is 0.480 e. The van der Waals surface area contributed by atoms with Gasteiger partial charge in [-0.05, 0) is 11.4 Å². The van der Waals surface area contributed by atoms with Crippen molar-refractivity contribution in [2.24, 2.45) is 5.10 Å². The SMILES string of the molecule is O=C1NC(=S)S/C1=C\N1N=C(c2cccs2)CC1C(=O)O. The monoisotopic (exact) mass is 339 g/mol. The standard InChI is InChI=1S/C12H9N3O3S3/c16-10-9(21-12(19)13-10)5-15-7(11(17)18)4-6(14-15)8-2-1-3-20-8/h1-3,5,7H,4H2,(H,17,18)(H,13,16,19)/b9-5-. The molecule has 6 nitrogen and oxygen atoms in total. The minimum Gasteiger partial charge on any atom is -0.480 e. The Kier molecular flexibility index (Phi) is 3.79. The minimum atomic E-state index is -0.979. The maximum Gasteiger partial charge on any atom is 0.328 e. The van der Waals surface area contributed by atoms with Crippen LogP contribution in [0, 0.1) is 0 Å². The Labute approximate surface area is 133 Å². The van der Waals surface area contributed by atoms with Crippen molar-refractivity contribution >= 4 is 57.2 Å². The van der Waals surface area contributed by atoms with Gasteiger partial charge < -0.3 is 10.4 Å². The van der Waals surface area contributed by atoms with Gasteiger partial charge in [0.2, 0.25) is 0 Å². The number of hydrogen-bond donors (Lipinski definition) is 2. The lowest BCUT2D eigenvalue weighted by atomic mass is 10.1. The summed E-state index contributed by atoms with van der Waals surface area (Å²) in [7, 11) is 0. The molecule has 3 heterocycles. The Morgan fingerprint density at radius 1 is 1.62 bits per heavy atom. The van der Waals surface area contributed by atoms with Crippen LogP contribution < -0.4 is 5.32 Å². The molecule has 2 aliphatic rings. The molecule has 2 aliphatic heterocycles. The Balaban J connectivity index is 1.90. The zero-order valence-electron chi connectivity index (χ0n) is 10.5. The van der Waals surface area contributed by atoms with Crippen molar-refractivity contribution in [2.45, 2.75) is 12.5 Å². The van der Waals surface area contributed by atoms with E-state index < -0.39 is 12.0 Å². The third kappa shape index (κ3) is 2.85. The molecule has 0 radical (unpaired) electrons. The zero-order valence-corrected chi connectivity index (χ0v) is 12.9. The first-order chi connectivity index (χ1) is 10.0. The van der Waals surface area contributed by atoms with Crippen LogP contribution in [0.1, 0.15) is 11.3 Å². The third-order valence-corrected chi connectivity index (χ3v) is 4.99. The van der Waals surface area contributed by atoms with E-state index >= 15 is 0 Å². The van der Waals surface area contributed by atoms with Gasteiger partial charge in [0.1, 0.15) is 4.32 Å². The number of carbonyl (C=O) groups is 2. The van der Waals surface area contributed by atoms with E-state index in [0.29, 0.717) is 21.4 Å². The number of thiophene rings is 1. The van der Waals surface area contributed by atoms with Gasteiger partial charge in [0, 0.05) is 12.6 Å². The van der Waals surface area contributed by atoms with E-state index in [4.69, 9.17) is 12.2 Å². The number of nitrogens with one attached hydrogen (secondary N) is 1. The fourth-order valence-electron chi connectivity index (χ4n) is 1.97. The number of thiocarbonyl (C=S) groups is 1. The number of carboxylic acid groups (broad SMARTS) is 1. The van der Waals surface area contributed by atoms with E-state index in [9.17, 15) is 14.7 Å². The molecule has 0 aliphatic carbocycles. The summed E-state index contributed by atoms with van der Waals surface area (Å²) in [5.41, 5.74) is 0.709. The molecule has 0 spiro atoms. The van der Waals surface area contributed by atoms with Gasteiger partial charge in [-0.3, -0.25) is 9.80 Å². The summed E-state index contributed by atoms with van der Waals surface area (Å²) >= 11 is 7.51. The van der Waals surface area contributed by atoms with Crippen LogP contribution in [0.5, 0.6) is 0 Å². The van der Waals surface area contributed by atoms with Gasteiger partial charge >= 0.3 is 5.97 Å². The zero-order chi connectivity index (χ0) is 15.0. The summed E-state index contributed by atoms with van der Waals surface area (Å²) in [6, 6.07) is 2.97. The van der Waals surface area contributed by atoms with E-state index in [-0.39, 0.29) is 5.91 Å². The molecule has 0 aromatic carbocycles. The smallest absolute Gasteiger partial charge is 0.328 e. The molecule has 0 bridgehead atoms. The van der Waals surface area contributed by atoms with Gasteiger partial charge in [0.05, 0.1) is 15.5 Å². The van der Waals surface area contributed by atoms with Crippen LogP contribution in [0.3, 0.4) is 0 Å². The van der Waals surface area contributed by atoms with E-state index in [2.05, 4.69) is 10.4 Å². The van der Waals surface area contributed by atoms with Crippen LogP contribution in [0.4, 0.5) is 0 Å². The highest BCUT2D eigenvalue weighted by molar-refractivity contribution is 8.26. The topological polar surface area (TPSA) is 82.0 Å². The normalized spacial score (nSPS) is 23.6. The number of aliphatic carboxylic acids is 1. The summed E-state index contributed by atoms with van der Waals surface area (Å²) in [5, 5.41) is 19.4. The molecule has 2 N–H and O–H groups in total. The van der Waals surface area contributed by atoms with Crippen molar-refractivity contribution < 1.29 is 14.7 Å². The van der Waals surface area contributed by atoms with Crippen molar-refractivity contribution in [1.82, 2.24) is 10.3 Å². The lowest BCUT2D eigenvalue weighted by Crippen LogP contribution is -2.31. The fourth-order valence-corrected chi connectivity index (χ4v) is 3.70. The van der Waals surface area contributed by atoms with Crippen molar-refractivity contribution in [3.05, 3.63) is 33.5 Å². The molecular weight excluding hydrogens is 330 g/mol. The molecule has 108 valence electrons. The number of hydrazone groups is 1. The van der Waals surface area contributed by atoms with Gasteiger partial charge in [0.15, 0.2) is 6.04 Å². The highest BCUT2D eigenvalue weighted by Crippen LogP contribution is 2.28. The fraction of sp³-hybridized carbons (Fsp3) is 0.167. The lowest BCUT2D eigenvalue weighted by molar-refractivity contribution is -0.141. The van der Waals surface area contributed by atoms with Gasteiger partial charge in [-0.25, -0.2) is 4.79 Å². The number of hydrogen-bond acceptors (Lipinski definition) is 7. The summed E-state index contributed by atoms with van der Waals surface area (Å²) in [4.78, 5) is 24.3. The second-order valence-corrected chi connectivity index (χ2v) is 6.97. The molecule has 1 amide bonds. The molecule has 0 saturated carbocycles. The highest BCUT2D eigenvalue weighted by Gasteiger charge is 2.34. The van der Waals surface area contributed by atoms with Crippen LogP contribution in [0.2, 0.25) is 0 Å². The molecule has 1 aromatic heterocycles. The lowest BCUT2D eigenvalue weighted by Gasteiger charge is -2.15. The van der Waals surface area contributed by atoms with E-state index in [1.165, 1.54) is 22.5 Å². The maximum atomic E-state index is 11.7. The molecule has 1 unspecified atom stereocenters. The Hall–Kier alpha value is -1.71. The third-order valence-electron chi connectivity index (χ3n) is 2.92. The average molecular weight is 339 g/mol. The van der Waals surface area contributed by atoms with Gasteiger partial charge in [-0.2, -0.15) is 5.10 Å². The highest BCUT2D eigenvalue weighted by atomic mass is 32.2. The van der Waals surface area contributed by atoms with Crippen LogP contribution in [0.15, 0.2) is 33.7 Å². The first-order valence-corrected chi connectivity index (χ1v) is 8.02. The molecule has 1 fully saturated rings. The Bertz CT molecular complexity index is 681. The van der Waals surface area contributed by atoms with Crippen molar-refractivity contribution in [2.75, 3.05) is 0 Å². The van der Waals surface area contributed by atoms with E-state index in [0.717, 1.165) is 16.6 Å². The van der Waals surface area contributed by atoms with Crippen LogP contribution in [-0.4, -0.2) is 38.1 Å². The predicted octanol–water partition coefficient (Wildman–Crippen LogP) is 1.60. The molecule has 1 saturated heterocycles. The quantitative estimate of drug-likeness (QED) is 0.643. The van der Waals surface area contributed by atoms with Crippen molar-refractivity contribution in [3.8, 4) is 0 Å². The molecule has 9 heteroatoms. The van der Waals surface area contributed by atoms with E-state index in [1.807, 2.05) is 17.5 Å². The predicted molar refractivity (Wildman–Crippen MR) is 85.2 cm³/mol. The number of nitrogens with zero attached hydrogens (tertiary/aromatic N) is 2. The van der Waals surface area contributed by atoms with Gasteiger partial charge in [-0.1, -0.05) is 30.0 Å². The number of carboxylic acids is 1. The van der Waals surface area contributed by atoms with Crippen LogP contribution in [-0.2, 0) is 9.59 Å². The van der Waals surface area contributed by atoms with E-state index in [1.54, 1.807) is 0 Å². The Morgan fingerprint density at radius 3 is 3.00 bits per heavy atom. The molecule has 1 aromatic rings. The number of thioether (sulfide) groups is 1. The first-order valence-electron chi connectivity index (χ1n) is 5.92. The Morgan fingerprint density at radius 2 is 2.43 bits per heavy atom. The second kappa shape index (κ2) is 5.58.